The van der Waals surface area contributed by atoms with Crippen molar-refractivity contribution in [2.24, 2.45) is 0 Å². The molecule has 4 rings (SSSR count). The quantitative estimate of drug-likeness (QED) is 0.226. The molecule has 0 fully saturated rings. The van der Waals surface area contributed by atoms with Crippen LogP contribution in [0.4, 0.5) is 22.0 Å². The molecule has 0 bridgehead atoms. The van der Waals surface area contributed by atoms with Crippen molar-refractivity contribution in [3.8, 4) is 0 Å². The number of allylic oxidation sites excluding steroid dienone is 5. The second-order valence-electron chi connectivity index (χ2n) is 9.84. The van der Waals surface area contributed by atoms with Gasteiger partial charge in [0.1, 0.15) is 11.6 Å². The normalized spacial score (nSPS) is 16.2. The topological polar surface area (TPSA) is 3.24 Å². The molecule has 40 heavy (non-hydrogen) atoms. The second-order valence-corrected chi connectivity index (χ2v) is 10.9. The van der Waals surface area contributed by atoms with Gasteiger partial charge in [-0.05, 0) is 86.2 Å². The molecule has 1 nitrogen and oxygen atoms in total. The van der Waals surface area contributed by atoms with E-state index in [0.29, 0.717) is 23.7 Å². The predicted octanol–water partition coefficient (Wildman–Crippen LogP) is 10.6. The number of nitrogens with zero attached hydrogens (tertiary/aromatic N) is 1. The number of fused-ring (bicyclic) bond motifs is 1. The molecule has 0 saturated heterocycles. The third kappa shape index (κ3) is 12.4. The van der Waals surface area contributed by atoms with E-state index in [4.69, 9.17) is 0 Å². The van der Waals surface area contributed by atoms with Gasteiger partial charge in [-0.15, -0.1) is 11.8 Å². The summed E-state index contributed by atoms with van der Waals surface area (Å²) in [4.78, 5) is 2.72. The van der Waals surface area contributed by atoms with Crippen LogP contribution in [0.25, 0.3) is 0 Å². The Bertz CT molecular complexity index is 1090. The Morgan fingerprint density at radius 2 is 1.73 bits per heavy atom. The minimum absolute atomic E-state index is 0.00169. The summed E-state index contributed by atoms with van der Waals surface area (Å²) in [6, 6.07) is 11.5. The standard InChI is InChI=1S/C24H29F4NS.C6H5F.C3H8/c1-2-29(14-8-13-24(26,27)28)22-12-7-11-19-15-23(21(25)16-20(19)22)30-17-18-9-5-3-4-6-10-18;7-6-4-2-1-3-5-6;1-3-2/h3,5-6,9-10,15-16,22H,2,4,7-8,11-14,17H2,1H3;1-5H;3H2,1-2H3/t22-;;/m0../s1. The van der Waals surface area contributed by atoms with E-state index in [1.54, 1.807) is 24.3 Å². The third-order valence-electron chi connectivity index (χ3n) is 6.41. The first-order valence-electron chi connectivity index (χ1n) is 14.2. The summed E-state index contributed by atoms with van der Waals surface area (Å²) in [5.74, 6) is 0.298. The largest absolute Gasteiger partial charge is 0.389 e. The fourth-order valence-corrected chi connectivity index (χ4v) is 5.52. The van der Waals surface area contributed by atoms with Crippen LogP contribution in [0, 0.1) is 11.6 Å². The highest BCUT2D eigenvalue weighted by molar-refractivity contribution is 7.99. The fourth-order valence-electron chi connectivity index (χ4n) is 4.58. The number of rotatable bonds is 8. The van der Waals surface area contributed by atoms with Gasteiger partial charge >= 0.3 is 6.18 Å². The van der Waals surface area contributed by atoms with Gasteiger partial charge in [-0.25, -0.2) is 8.78 Å². The average Bonchev–Trinajstić information content (AvgIpc) is 3.19. The Balaban J connectivity index is 0.000000474. The van der Waals surface area contributed by atoms with Crippen molar-refractivity contribution in [2.75, 3.05) is 18.8 Å². The molecule has 2 aliphatic carbocycles. The van der Waals surface area contributed by atoms with Crippen molar-refractivity contribution in [1.82, 2.24) is 4.90 Å². The van der Waals surface area contributed by atoms with Gasteiger partial charge in [-0.2, -0.15) is 13.2 Å². The molecule has 0 unspecified atom stereocenters. The molecule has 2 aromatic rings. The van der Waals surface area contributed by atoms with Crippen molar-refractivity contribution in [2.45, 2.75) is 82.8 Å². The average molecular weight is 580 g/mol. The monoisotopic (exact) mass is 579 g/mol. The van der Waals surface area contributed by atoms with Crippen molar-refractivity contribution in [3.05, 3.63) is 101 Å². The number of thioether (sulfide) groups is 1. The highest BCUT2D eigenvalue weighted by Crippen LogP contribution is 2.38. The summed E-state index contributed by atoms with van der Waals surface area (Å²) in [5, 5.41) is 0. The molecule has 1 atom stereocenters. The van der Waals surface area contributed by atoms with Crippen LogP contribution in [0.5, 0.6) is 0 Å². The Hall–Kier alpha value is -2.38. The van der Waals surface area contributed by atoms with E-state index in [1.807, 2.05) is 19.1 Å². The molecule has 0 heterocycles. The van der Waals surface area contributed by atoms with E-state index < -0.39 is 12.6 Å². The van der Waals surface area contributed by atoms with Crippen LogP contribution in [-0.2, 0) is 6.42 Å². The molecule has 0 aromatic heterocycles. The molecule has 0 N–H and O–H groups in total. The SMILES string of the molecule is CCC.CCN(CCCC(F)(F)F)[C@H]1CCCc2cc(SCC3=CC=CCC=C3)c(F)cc21.Fc1ccccc1. The number of aryl methyl sites for hydroxylation is 1. The zero-order valence-corrected chi connectivity index (χ0v) is 24.6. The summed E-state index contributed by atoms with van der Waals surface area (Å²) >= 11 is 1.50. The summed E-state index contributed by atoms with van der Waals surface area (Å²) in [6.45, 7) is 7.26. The Labute approximate surface area is 241 Å². The van der Waals surface area contributed by atoms with Crippen molar-refractivity contribution in [3.63, 3.8) is 0 Å². The van der Waals surface area contributed by atoms with Gasteiger partial charge < -0.3 is 0 Å². The van der Waals surface area contributed by atoms with E-state index in [2.05, 4.69) is 43.1 Å². The first-order chi connectivity index (χ1) is 19.2. The lowest BCUT2D eigenvalue weighted by Crippen LogP contribution is -2.32. The number of halogens is 5. The molecule has 0 radical (unpaired) electrons. The van der Waals surface area contributed by atoms with E-state index in [9.17, 15) is 22.0 Å². The van der Waals surface area contributed by atoms with Gasteiger partial charge in [0.2, 0.25) is 0 Å². The number of hydrogen-bond acceptors (Lipinski definition) is 2. The Morgan fingerprint density at radius 1 is 1.00 bits per heavy atom. The molecule has 2 aromatic carbocycles. The fraction of sp³-hybridized carbons (Fsp3) is 0.455. The van der Waals surface area contributed by atoms with E-state index in [-0.39, 0.29) is 24.1 Å². The molecule has 220 valence electrons. The molecular weight excluding hydrogens is 537 g/mol. The van der Waals surface area contributed by atoms with E-state index in [0.717, 1.165) is 42.4 Å². The molecule has 0 saturated carbocycles. The van der Waals surface area contributed by atoms with Crippen LogP contribution >= 0.6 is 11.8 Å². The van der Waals surface area contributed by atoms with Gasteiger partial charge in [-0.1, -0.05) is 75.8 Å². The highest BCUT2D eigenvalue weighted by Gasteiger charge is 2.29. The lowest BCUT2D eigenvalue weighted by molar-refractivity contribution is -0.136. The Kier molecular flexibility index (Phi) is 15.3. The number of hydrogen-bond donors (Lipinski definition) is 0. The van der Waals surface area contributed by atoms with Gasteiger partial charge in [0.15, 0.2) is 0 Å². The van der Waals surface area contributed by atoms with Crippen molar-refractivity contribution < 1.29 is 22.0 Å². The lowest BCUT2D eigenvalue weighted by atomic mass is 9.86. The van der Waals surface area contributed by atoms with Gasteiger partial charge in [0.05, 0.1) is 0 Å². The zero-order valence-electron chi connectivity index (χ0n) is 23.8. The van der Waals surface area contributed by atoms with Gasteiger partial charge in [0, 0.05) is 23.1 Å². The maximum absolute atomic E-state index is 14.9. The van der Waals surface area contributed by atoms with Gasteiger partial charge in [0.25, 0.3) is 0 Å². The molecule has 0 spiro atoms. The van der Waals surface area contributed by atoms with E-state index in [1.165, 1.54) is 30.3 Å². The smallest absolute Gasteiger partial charge is 0.297 e. The first kappa shape index (κ1) is 33.8. The minimum Gasteiger partial charge on any atom is -0.297 e. The maximum Gasteiger partial charge on any atom is 0.389 e. The Morgan fingerprint density at radius 3 is 2.35 bits per heavy atom. The molecule has 7 heteroatoms. The van der Waals surface area contributed by atoms with Crippen LogP contribution in [0.2, 0.25) is 0 Å². The number of alkyl halides is 3. The van der Waals surface area contributed by atoms with Crippen LogP contribution in [0.3, 0.4) is 0 Å². The summed E-state index contributed by atoms with van der Waals surface area (Å²) < 4.78 is 64.4. The summed E-state index contributed by atoms with van der Waals surface area (Å²) in [5.41, 5.74) is 3.24. The number of benzene rings is 2. The predicted molar refractivity (Wildman–Crippen MR) is 159 cm³/mol. The zero-order chi connectivity index (χ0) is 29.4. The highest BCUT2D eigenvalue weighted by atomic mass is 32.2. The summed E-state index contributed by atoms with van der Waals surface area (Å²) in [6.07, 6.45) is 10.4. The molecule has 0 aliphatic heterocycles. The van der Waals surface area contributed by atoms with Crippen LogP contribution in [0.15, 0.2) is 83.3 Å². The van der Waals surface area contributed by atoms with Crippen molar-refractivity contribution in [1.29, 1.82) is 0 Å². The second kappa shape index (κ2) is 18.1. The third-order valence-corrected chi connectivity index (χ3v) is 7.51. The van der Waals surface area contributed by atoms with Gasteiger partial charge in [-0.3, -0.25) is 4.90 Å². The van der Waals surface area contributed by atoms with Crippen LogP contribution in [0.1, 0.15) is 76.5 Å². The van der Waals surface area contributed by atoms with Crippen LogP contribution in [-0.4, -0.2) is 29.9 Å². The van der Waals surface area contributed by atoms with E-state index >= 15 is 0 Å². The minimum atomic E-state index is -4.13. The first-order valence-corrected chi connectivity index (χ1v) is 15.2. The maximum atomic E-state index is 14.9. The lowest BCUT2D eigenvalue weighted by Gasteiger charge is -2.35. The molecule has 0 amide bonds. The molecular formula is C33H42F5NS. The summed E-state index contributed by atoms with van der Waals surface area (Å²) in [7, 11) is 0. The molecule has 2 aliphatic rings. The van der Waals surface area contributed by atoms with Crippen molar-refractivity contribution >= 4 is 11.8 Å². The van der Waals surface area contributed by atoms with Crippen LogP contribution < -0.4 is 0 Å².